The molecule has 0 unspecified atom stereocenters. The number of benzene rings is 2. The van der Waals surface area contributed by atoms with E-state index >= 15 is 0 Å². The smallest absolute Gasteiger partial charge is 0.269 e. The van der Waals surface area contributed by atoms with Crippen LogP contribution >= 0.6 is 0 Å². The molecule has 0 saturated carbocycles. The summed E-state index contributed by atoms with van der Waals surface area (Å²) in [6.07, 6.45) is 3.30. The first-order valence-electron chi connectivity index (χ1n) is 9.32. The highest BCUT2D eigenvalue weighted by Crippen LogP contribution is 2.31. The van der Waals surface area contributed by atoms with Gasteiger partial charge in [-0.05, 0) is 36.4 Å². The molecule has 0 atom stereocenters. The van der Waals surface area contributed by atoms with Gasteiger partial charge in [-0.2, -0.15) is 5.10 Å². The number of nitro benzene ring substituents is 1. The summed E-state index contributed by atoms with van der Waals surface area (Å²) in [5.74, 6) is -0.112. The zero-order chi connectivity index (χ0) is 21.8. The molecular weight excluding hydrogens is 403 g/mol. The van der Waals surface area contributed by atoms with E-state index in [0.29, 0.717) is 28.2 Å². The van der Waals surface area contributed by atoms with Gasteiger partial charge >= 0.3 is 0 Å². The Bertz CT molecular complexity index is 1230. The molecule has 0 aliphatic rings. The van der Waals surface area contributed by atoms with Gasteiger partial charge in [-0.1, -0.05) is 6.07 Å². The molecule has 2 heterocycles. The number of non-ortho nitro benzene ring substituents is 1. The molecule has 10 heteroatoms. The van der Waals surface area contributed by atoms with Crippen LogP contribution in [0.3, 0.4) is 0 Å². The second kappa shape index (κ2) is 8.67. The first kappa shape index (κ1) is 20.1. The Morgan fingerprint density at radius 2 is 1.97 bits per heavy atom. The van der Waals surface area contributed by atoms with Gasteiger partial charge in [-0.25, -0.2) is 14.4 Å². The number of hydrogen-bond donors (Lipinski definition) is 2. The van der Waals surface area contributed by atoms with E-state index in [1.165, 1.54) is 24.3 Å². The first-order chi connectivity index (χ1) is 15.0. The predicted molar refractivity (Wildman–Crippen MR) is 112 cm³/mol. The second-order valence-electron chi connectivity index (χ2n) is 6.58. The Kier molecular flexibility index (Phi) is 5.63. The van der Waals surface area contributed by atoms with Crippen LogP contribution < -0.4 is 5.32 Å². The van der Waals surface area contributed by atoms with Crippen molar-refractivity contribution in [2.75, 3.05) is 11.9 Å². The molecule has 156 valence electrons. The number of nitrogens with one attached hydrogen (secondary N) is 1. The fourth-order valence-corrected chi connectivity index (χ4v) is 3.04. The van der Waals surface area contributed by atoms with Crippen LogP contribution in [0.2, 0.25) is 0 Å². The van der Waals surface area contributed by atoms with Crippen molar-refractivity contribution in [1.82, 2.24) is 19.7 Å². The highest BCUT2D eigenvalue weighted by molar-refractivity contribution is 5.79. The van der Waals surface area contributed by atoms with Gasteiger partial charge < -0.3 is 10.4 Å². The maximum atomic E-state index is 13.5. The first-order valence-corrected chi connectivity index (χ1v) is 9.32. The molecular formula is C21H17FN6O3. The van der Waals surface area contributed by atoms with Crippen LogP contribution in [-0.2, 0) is 6.54 Å². The number of rotatable bonds is 7. The molecule has 2 N–H and O–H groups in total. The molecule has 4 aromatic rings. The second-order valence-corrected chi connectivity index (χ2v) is 6.58. The monoisotopic (exact) mass is 420 g/mol. The molecule has 0 aliphatic heterocycles. The van der Waals surface area contributed by atoms with Gasteiger partial charge in [0.2, 0.25) is 5.95 Å². The number of anilines is 2. The topological polar surface area (TPSA) is 119 Å². The molecule has 0 saturated heterocycles. The van der Waals surface area contributed by atoms with Crippen LogP contribution in [-0.4, -0.2) is 36.4 Å². The third-order valence-corrected chi connectivity index (χ3v) is 4.45. The quantitative estimate of drug-likeness (QED) is 0.345. The van der Waals surface area contributed by atoms with Crippen LogP contribution in [0.15, 0.2) is 67.0 Å². The Hall–Kier alpha value is -4.18. The molecule has 31 heavy (non-hydrogen) atoms. The Labute approximate surface area is 176 Å². The Morgan fingerprint density at radius 3 is 2.68 bits per heavy atom. The Morgan fingerprint density at radius 1 is 1.16 bits per heavy atom. The van der Waals surface area contributed by atoms with Gasteiger partial charge in [0, 0.05) is 41.3 Å². The summed E-state index contributed by atoms with van der Waals surface area (Å²) < 4.78 is 15.0. The molecule has 0 amide bonds. The van der Waals surface area contributed by atoms with Crippen molar-refractivity contribution in [3.63, 3.8) is 0 Å². The van der Waals surface area contributed by atoms with Crippen LogP contribution in [0.1, 0.15) is 0 Å². The molecule has 0 bridgehead atoms. The van der Waals surface area contributed by atoms with Crippen molar-refractivity contribution in [2.24, 2.45) is 0 Å². The number of aliphatic hydroxyl groups is 1. The predicted octanol–water partition coefficient (Wildman–Crippen LogP) is 3.79. The van der Waals surface area contributed by atoms with Crippen molar-refractivity contribution in [3.8, 4) is 22.5 Å². The molecule has 0 spiro atoms. The van der Waals surface area contributed by atoms with E-state index in [9.17, 15) is 19.6 Å². The summed E-state index contributed by atoms with van der Waals surface area (Å²) in [4.78, 5) is 19.2. The van der Waals surface area contributed by atoms with Gasteiger partial charge in [0.25, 0.3) is 5.69 Å². The third kappa shape index (κ3) is 4.54. The zero-order valence-electron chi connectivity index (χ0n) is 16.1. The van der Waals surface area contributed by atoms with Crippen LogP contribution in [0, 0.1) is 15.9 Å². The minimum absolute atomic E-state index is 0.0243. The number of nitro groups is 1. The maximum absolute atomic E-state index is 13.5. The van der Waals surface area contributed by atoms with E-state index in [2.05, 4.69) is 20.4 Å². The Balaban J connectivity index is 1.72. The fourth-order valence-electron chi connectivity index (χ4n) is 3.04. The third-order valence-electron chi connectivity index (χ3n) is 4.45. The maximum Gasteiger partial charge on any atom is 0.269 e. The van der Waals surface area contributed by atoms with E-state index in [1.54, 1.807) is 47.4 Å². The van der Waals surface area contributed by atoms with Gasteiger partial charge in [-0.3, -0.25) is 14.8 Å². The highest BCUT2D eigenvalue weighted by Gasteiger charge is 2.16. The summed E-state index contributed by atoms with van der Waals surface area (Å²) in [5.41, 5.74) is 2.90. The average Bonchev–Trinajstić information content (AvgIpc) is 3.18. The molecule has 0 aliphatic carbocycles. The van der Waals surface area contributed by atoms with Gasteiger partial charge in [0.05, 0.1) is 23.8 Å². The lowest BCUT2D eigenvalue weighted by atomic mass is 10.1. The normalized spacial score (nSPS) is 10.8. The minimum atomic E-state index is -0.468. The molecule has 4 rings (SSSR count). The number of halogens is 1. The van der Waals surface area contributed by atoms with Crippen molar-refractivity contribution in [1.29, 1.82) is 0 Å². The lowest BCUT2D eigenvalue weighted by molar-refractivity contribution is -0.384. The van der Waals surface area contributed by atoms with Crippen molar-refractivity contribution < 1.29 is 14.4 Å². The summed E-state index contributed by atoms with van der Waals surface area (Å²) in [7, 11) is 0. The highest BCUT2D eigenvalue weighted by atomic mass is 19.1. The van der Waals surface area contributed by atoms with E-state index in [-0.39, 0.29) is 30.6 Å². The summed E-state index contributed by atoms with van der Waals surface area (Å²) in [6, 6.07) is 13.7. The van der Waals surface area contributed by atoms with Gasteiger partial charge in [0.15, 0.2) is 0 Å². The zero-order valence-corrected chi connectivity index (χ0v) is 16.1. The van der Waals surface area contributed by atoms with Crippen LogP contribution in [0.25, 0.3) is 22.5 Å². The van der Waals surface area contributed by atoms with Crippen LogP contribution in [0.5, 0.6) is 0 Å². The molecule has 0 radical (unpaired) electrons. The van der Waals surface area contributed by atoms with E-state index < -0.39 is 4.92 Å². The number of nitrogens with zero attached hydrogens (tertiary/aromatic N) is 5. The van der Waals surface area contributed by atoms with Crippen molar-refractivity contribution >= 4 is 17.3 Å². The summed E-state index contributed by atoms with van der Waals surface area (Å²) in [5, 5.41) is 27.7. The molecule has 0 fully saturated rings. The summed E-state index contributed by atoms with van der Waals surface area (Å²) >= 11 is 0. The number of aromatic nitrogens is 4. The SMILES string of the molecule is O=[N+]([O-])c1ccc(-c2nn(CCO)cc2-c2ccnc(Nc3cccc(F)c3)n2)cc1. The van der Waals surface area contributed by atoms with Crippen molar-refractivity contribution in [2.45, 2.75) is 6.54 Å². The standard InChI is InChI=1S/C21H17FN6O3/c22-15-2-1-3-16(12-15)24-21-23-9-8-19(25-21)18-13-27(10-11-29)26-20(18)14-4-6-17(7-5-14)28(30)31/h1-9,12-13,29H,10-11H2,(H,23,24,25). The average molecular weight is 420 g/mol. The van der Waals surface area contributed by atoms with Gasteiger partial charge in [0.1, 0.15) is 11.5 Å². The molecule has 9 nitrogen and oxygen atoms in total. The number of aliphatic hydroxyl groups excluding tert-OH is 1. The number of hydrogen-bond acceptors (Lipinski definition) is 7. The van der Waals surface area contributed by atoms with E-state index in [0.717, 1.165) is 0 Å². The lowest BCUT2D eigenvalue weighted by Gasteiger charge is -2.07. The van der Waals surface area contributed by atoms with E-state index in [4.69, 9.17) is 0 Å². The van der Waals surface area contributed by atoms with E-state index in [1.807, 2.05) is 0 Å². The van der Waals surface area contributed by atoms with Gasteiger partial charge in [-0.15, -0.1) is 0 Å². The largest absolute Gasteiger partial charge is 0.394 e. The van der Waals surface area contributed by atoms with Crippen LogP contribution in [0.4, 0.5) is 21.7 Å². The molecule has 2 aromatic heterocycles. The fraction of sp³-hybridized carbons (Fsp3) is 0.0952. The van der Waals surface area contributed by atoms with Crippen molar-refractivity contribution in [3.05, 3.63) is 82.9 Å². The minimum Gasteiger partial charge on any atom is -0.394 e. The summed E-state index contributed by atoms with van der Waals surface area (Å²) in [6.45, 7) is 0.177. The lowest BCUT2D eigenvalue weighted by Crippen LogP contribution is -2.02. The molecule has 2 aromatic carbocycles.